The molecule has 2 heterocycles. The van der Waals surface area contributed by atoms with Crippen molar-refractivity contribution >= 4 is 36.0 Å². The Hall–Kier alpha value is -0.770. The number of carbonyl (C=O) groups excluding carboxylic acids is 1. The average molecular weight is 508 g/mol. The van der Waals surface area contributed by atoms with Gasteiger partial charge in [-0.05, 0) is 45.4 Å². The molecule has 1 saturated carbocycles. The van der Waals surface area contributed by atoms with Crippen molar-refractivity contribution in [1.82, 2.24) is 15.1 Å². The average Bonchev–Trinajstić information content (AvgIpc) is 3.24. The first kappa shape index (κ1) is 23.5. The first-order valence-corrected chi connectivity index (χ1v) is 10.3. The predicted octanol–water partition coefficient (Wildman–Crippen LogP) is 3.08. The summed E-state index contributed by atoms with van der Waals surface area (Å²) < 4.78 is 10.9. The first-order valence-electron chi connectivity index (χ1n) is 10.3. The summed E-state index contributed by atoms with van der Waals surface area (Å²) >= 11 is 0. The molecule has 28 heavy (non-hydrogen) atoms. The smallest absolute Gasteiger partial charge is 0.410 e. The third-order valence-electron chi connectivity index (χ3n) is 5.98. The van der Waals surface area contributed by atoms with E-state index in [4.69, 9.17) is 14.5 Å². The Labute approximate surface area is 186 Å². The van der Waals surface area contributed by atoms with Crippen LogP contribution < -0.4 is 5.32 Å². The number of hydrogen-bond acceptors (Lipinski definition) is 6. The van der Waals surface area contributed by atoms with Crippen LogP contribution >= 0.6 is 24.0 Å². The Morgan fingerprint density at radius 1 is 1.29 bits per heavy atom. The number of nitrogens with zero attached hydrogens (tertiary/aromatic N) is 3. The number of amides is 1. The third-order valence-corrected chi connectivity index (χ3v) is 5.98. The van der Waals surface area contributed by atoms with Gasteiger partial charge in [-0.15, -0.1) is 24.0 Å². The van der Waals surface area contributed by atoms with E-state index in [2.05, 4.69) is 10.2 Å². The Bertz CT molecular complexity index is 558. The predicted molar refractivity (Wildman–Crippen MR) is 121 cm³/mol. The summed E-state index contributed by atoms with van der Waals surface area (Å²) in [6, 6.07) is 0.257. The number of ether oxygens (including phenoxy) is 2. The van der Waals surface area contributed by atoms with Gasteiger partial charge in [0, 0.05) is 39.9 Å². The van der Waals surface area contributed by atoms with Gasteiger partial charge in [0.1, 0.15) is 5.60 Å². The van der Waals surface area contributed by atoms with E-state index in [1.807, 2.05) is 25.7 Å². The Balaban J connectivity index is 0.00000280. The maximum absolute atomic E-state index is 12.3. The van der Waals surface area contributed by atoms with E-state index in [9.17, 15) is 4.79 Å². The summed E-state index contributed by atoms with van der Waals surface area (Å²) in [5.74, 6) is 1.01. The second kappa shape index (κ2) is 9.82. The number of methoxy groups -OCH3 is 1. The molecule has 1 aliphatic carbocycles. The van der Waals surface area contributed by atoms with Gasteiger partial charge < -0.3 is 24.6 Å². The van der Waals surface area contributed by atoms with Gasteiger partial charge in [-0.25, -0.2) is 4.79 Å². The Morgan fingerprint density at radius 3 is 2.64 bits per heavy atom. The lowest BCUT2D eigenvalue weighted by atomic mass is 9.83. The van der Waals surface area contributed by atoms with Gasteiger partial charge in [-0.3, -0.25) is 4.99 Å². The molecule has 1 amide bonds. The number of guanidine groups is 1. The van der Waals surface area contributed by atoms with E-state index < -0.39 is 5.60 Å². The van der Waals surface area contributed by atoms with Crippen LogP contribution in [0.5, 0.6) is 0 Å². The lowest BCUT2D eigenvalue weighted by Gasteiger charge is -2.40. The van der Waals surface area contributed by atoms with Crippen molar-refractivity contribution in [2.75, 3.05) is 46.4 Å². The number of aliphatic imine (C=N–C) groups is 1. The van der Waals surface area contributed by atoms with Gasteiger partial charge in [0.05, 0.1) is 12.6 Å². The fourth-order valence-electron chi connectivity index (χ4n) is 4.45. The molecule has 0 aromatic carbocycles. The molecule has 2 fully saturated rings. The molecule has 1 N–H and O–H groups in total. The molecule has 0 aromatic rings. The minimum absolute atomic E-state index is 0. The highest BCUT2D eigenvalue weighted by atomic mass is 127. The largest absolute Gasteiger partial charge is 0.444 e. The molecule has 8 heteroatoms. The van der Waals surface area contributed by atoms with Gasteiger partial charge in [0.25, 0.3) is 0 Å². The van der Waals surface area contributed by atoms with Crippen LogP contribution in [0.25, 0.3) is 0 Å². The molecule has 0 radical (unpaired) electrons. The summed E-state index contributed by atoms with van der Waals surface area (Å²) in [5, 5.41) is 3.64. The highest BCUT2D eigenvalue weighted by molar-refractivity contribution is 14.0. The number of piperazine rings is 1. The SMILES string of the molecule is COCCC1(CNC2=NCC3CN(C(=O)OC(C)(C)C)CCN23)CCCC1.I. The molecular weight excluding hydrogens is 471 g/mol. The first-order chi connectivity index (χ1) is 12.8. The maximum atomic E-state index is 12.3. The van der Waals surface area contributed by atoms with Gasteiger partial charge in [0.2, 0.25) is 0 Å². The molecule has 3 rings (SSSR count). The Morgan fingerprint density at radius 2 is 2.00 bits per heavy atom. The molecule has 1 atom stereocenters. The quantitative estimate of drug-likeness (QED) is 0.579. The zero-order chi connectivity index (χ0) is 19.5. The molecule has 162 valence electrons. The highest BCUT2D eigenvalue weighted by Gasteiger charge is 2.38. The van der Waals surface area contributed by atoms with Crippen LogP contribution in [0.2, 0.25) is 0 Å². The summed E-state index contributed by atoms with van der Waals surface area (Å²) in [7, 11) is 1.78. The zero-order valence-corrected chi connectivity index (χ0v) is 20.2. The summed E-state index contributed by atoms with van der Waals surface area (Å²) in [6.45, 7) is 10.4. The fraction of sp³-hybridized carbons (Fsp3) is 0.900. The van der Waals surface area contributed by atoms with Crippen LogP contribution in [0.1, 0.15) is 52.9 Å². The number of nitrogens with one attached hydrogen (secondary N) is 1. The van der Waals surface area contributed by atoms with Crippen LogP contribution in [0.15, 0.2) is 4.99 Å². The van der Waals surface area contributed by atoms with Crippen molar-refractivity contribution in [2.24, 2.45) is 10.4 Å². The van der Waals surface area contributed by atoms with Crippen LogP contribution in [0.3, 0.4) is 0 Å². The van der Waals surface area contributed by atoms with Crippen molar-refractivity contribution in [3.05, 3.63) is 0 Å². The maximum Gasteiger partial charge on any atom is 0.410 e. The topological polar surface area (TPSA) is 66.4 Å². The number of halogens is 1. The van der Waals surface area contributed by atoms with Crippen molar-refractivity contribution in [2.45, 2.75) is 64.5 Å². The highest BCUT2D eigenvalue weighted by Crippen LogP contribution is 2.40. The van der Waals surface area contributed by atoms with Crippen LogP contribution in [-0.4, -0.2) is 79.9 Å². The van der Waals surface area contributed by atoms with Crippen molar-refractivity contribution in [1.29, 1.82) is 0 Å². The van der Waals surface area contributed by atoms with E-state index in [1.54, 1.807) is 7.11 Å². The molecule has 2 aliphatic heterocycles. The molecule has 0 aromatic heterocycles. The number of rotatable bonds is 5. The van der Waals surface area contributed by atoms with E-state index in [0.717, 1.165) is 38.6 Å². The molecule has 0 spiro atoms. The van der Waals surface area contributed by atoms with Crippen LogP contribution in [-0.2, 0) is 9.47 Å². The van der Waals surface area contributed by atoms with Crippen molar-refractivity contribution in [3.8, 4) is 0 Å². The van der Waals surface area contributed by atoms with Gasteiger partial charge in [-0.1, -0.05) is 12.8 Å². The summed E-state index contributed by atoms with van der Waals surface area (Å²) in [6.07, 6.45) is 6.07. The lowest BCUT2D eigenvalue weighted by molar-refractivity contribution is 0.0137. The second-order valence-corrected chi connectivity index (χ2v) is 9.24. The molecule has 1 unspecified atom stereocenters. The molecular formula is C20H37IN4O3. The number of carbonyl (C=O) groups is 1. The van der Waals surface area contributed by atoms with Crippen molar-refractivity contribution < 1.29 is 14.3 Å². The van der Waals surface area contributed by atoms with Gasteiger partial charge >= 0.3 is 6.09 Å². The fourth-order valence-corrected chi connectivity index (χ4v) is 4.45. The summed E-state index contributed by atoms with van der Waals surface area (Å²) in [4.78, 5) is 21.2. The lowest BCUT2D eigenvalue weighted by Crippen LogP contribution is -2.58. The van der Waals surface area contributed by atoms with E-state index >= 15 is 0 Å². The molecule has 0 bridgehead atoms. The summed E-state index contributed by atoms with van der Waals surface area (Å²) in [5.41, 5.74) is -0.111. The minimum atomic E-state index is -0.453. The third kappa shape index (κ3) is 5.87. The number of hydrogen-bond donors (Lipinski definition) is 1. The van der Waals surface area contributed by atoms with E-state index in [-0.39, 0.29) is 36.1 Å². The molecule has 7 nitrogen and oxygen atoms in total. The van der Waals surface area contributed by atoms with Crippen molar-refractivity contribution in [3.63, 3.8) is 0 Å². The number of fused-ring (bicyclic) bond motifs is 1. The van der Waals surface area contributed by atoms with E-state index in [0.29, 0.717) is 18.5 Å². The van der Waals surface area contributed by atoms with Crippen LogP contribution in [0, 0.1) is 5.41 Å². The van der Waals surface area contributed by atoms with Crippen LogP contribution in [0.4, 0.5) is 4.79 Å². The zero-order valence-electron chi connectivity index (χ0n) is 17.8. The van der Waals surface area contributed by atoms with E-state index in [1.165, 1.54) is 25.7 Å². The van der Waals surface area contributed by atoms with Gasteiger partial charge in [-0.2, -0.15) is 0 Å². The normalized spacial score (nSPS) is 23.7. The van der Waals surface area contributed by atoms with Gasteiger partial charge in [0.15, 0.2) is 5.96 Å². The standard InChI is InChI=1S/C20H36N4O3.HI/c1-19(2,3)27-18(25)23-10-11-24-16(14-23)13-21-17(24)22-15-20(9-12-26-4)7-5-6-8-20;/h16H,5-15H2,1-4H3,(H,21,22);1H. The Kier molecular flexibility index (Phi) is 8.25. The second-order valence-electron chi connectivity index (χ2n) is 9.24. The minimum Gasteiger partial charge on any atom is -0.444 e. The molecule has 1 saturated heterocycles. The monoisotopic (exact) mass is 508 g/mol. The molecule has 3 aliphatic rings.